The smallest absolute Gasteiger partial charge is 0.269 e. The van der Waals surface area contributed by atoms with Crippen molar-refractivity contribution in [3.63, 3.8) is 0 Å². The number of hydrogen-bond acceptors (Lipinski definition) is 5. The van der Waals surface area contributed by atoms with Crippen molar-refractivity contribution in [1.82, 2.24) is 9.80 Å². The summed E-state index contributed by atoms with van der Waals surface area (Å²) in [6, 6.07) is 20.6. The van der Waals surface area contributed by atoms with Crippen LogP contribution < -0.4 is 0 Å². The summed E-state index contributed by atoms with van der Waals surface area (Å²) in [5.41, 5.74) is 2.21. The fourth-order valence-electron chi connectivity index (χ4n) is 4.03. The fraction of sp³-hybridized carbons (Fsp3) is 0.393. The van der Waals surface area contributed by atoms with Gasteiger partial charge in [-0.25, -0.2) is 0 Å². The zero-order valence-electron chi connectivity index (χ0n) is 20.7. The summed E-state index contributed by atoms with van der Waals surface area (Å²) >= 11 is 0. The fourth-order valence-corrected chi connectivity index (χ4v) is 4.03. The van der Waals surface area contributed by atoms with Crippen LogP contribution in [-0.2, 0) is 24.3 Å². The molecule has 186 valence electrons. The van der Waals surface area contributed by atoms with Crippen LogP contribution in [0.25, 0.3) is 0 Å². The maximum atomic E-state index is 13.5. The second kappa shape index (κ2) is 13.4. The van der Waals surface area contributed by atoms with Crippen molar-refractivity contribution in [3.8, 4) is 0 Å². The number of furan rings is 1. The van der Waals surface area contributed by atoms with E-state index in [1.54, 1.807) is 12.1 Å². The lowest BCUT2D eigenvalue weighted by Crippen LogP contribution is -2.41. The number of aryl methyl sites for hydroxylation is 1. The summed E-state index contributed by atoms with van der Waals surface area (Å²) in [6.45, 7) is 6.74. The Hall–Kier alpha value is -3.45. The zero-order valence-corrected chi connectivity index (χ0v) is 20.7. The van der Waals surface area contributed by atoms with Crippen molar-refractivity contribution in [2.75, 3.05) is 19.6 Å². The minimum atomic E-state index is -0.396. The summed E-state index contributed by atoms with van der Waals surface area (Å²) in [5, 5.41) is 11.0. The minimum Gasteiger partial charge on any atom is -0.464 e. The Morgan fingerprint density at radius 1 is 0.914 bits per heavy atom. The molecule has 0 fully saturated rings. The third kappa shape index (κ3) is 8.68. The van der Waals surface area contributed by atoms with Crippen LogP contribution in [0.1, 0.15) is 48.8 Å². The van der Waals surface area contributed by atoms with Crippen LogP contribution in [0.3, 0.4) is 0 Å². The molecule has 3 aromatic rings. The van der Waals surface area contributed by atoms with Crippen molar-refractivity contribution >= 4 is 11.6 Å². The Morgan fingerprint density at radius 3 is 2.29 bits per heavy atom. The van der Waals surface area contributed by atoms with Gasteiger partial charge in [0.1, 0.15) is 11.5 Å². The van der Waals surface area contributed by atoms with Crippen molar-refractivity contribution in [3.05, 3.63) is 99.5 Å². The van der Waals surface area contributed by atoms with E-state index in [2.05, 4.69) is 24.0 Å². The molecule has 0 aliphatic carbocycles. The standard InChI is InChI=1S/C28H35N3O4/c1-3-4-8-18-29(20-25-12-14-26(15-13-25)31(33)34)22-28(32)30(21-27-16-11-23(2)35-27)19-17-24-9-6-5-7-10-24/h5-7,9-16H,3-4,8,17-22H2,1-2H3. The molecule has 0 N–H and O–H groups in total. The molecule has 0 bridgehead atoms. The average Bonchev–Trinajstić information content (AvgIpc) is 3.27. The predicted molar refractivity (Wildman–Crippen MR) is 137 cm³/mol. The Bertz CT molecular complexity index is 1060. The number of nitrogens with zero attached hydrogens (tertiary/aromatic N) is 3. The first-order chi connectivity index (χ1) is 16.9. The third-order valence-corrected chi connectivity index (χ3v) is 6.00. The molecule has 1 aromatic heterocycles. The Morgan fingerprint density at radius 2 is 1.66 bits per heavy atom. The lowest BCUT2D eigenvalue weighted by Gasteiger charge is -2.27. The van der Waals surface area contributed by atoms with E-state index in [1.807, 2.05) is 42.2 Å². The van der Waals surface area contributed by atoms with Gasteiger partial charge >= 0.3 is 0 Å². The van der Waals surface area contributed by atoms with Gasteiger partial charge in [0.2, 0.25) is 5.91 Å². The monoisotopic (exact) mass is 477 g/mol. The van der Waals surface area contributed by atoms with E-state index in [0.29, 0.717) is 19.6 Å². The van der Waals surface area contributed by atoms with Gasteiger partial charge in [-0.1, -0.05) is 62.2 Å². The van der Waals surface area contributed by atoms with E-state index in [1.165, 1.54) is 17.7 Å². The van der Waals surface area contributed by atoms with Gasteiger partial charge in [-0.3, -0.25) is 19.8 Å². The van der Waals surface area contributed by atoms with Crippen molar-refractivity contribution in [2.24, 2.45) is 0 Å². The van der Waals surface area contributed by atoms with E-state index in [0.717, 1.165) is 49.3 Å². The molecule has 0 aliphatic rings. The SMILES string of the molecule is CCCCCN(CC(=O)N(CCc1ccccc1)Cc1ccc(C)o1)Cc1ccc([N+](=O)[O-])cc1. The highest BCUT2D eigenvalue weighted by Crippen LogP contribution is 2.16. The molecule has 0 saturated heterocycles. The summed E-state index contributed by atoms with van der Waals surface area (Å²) in [7, 11) is 0. The Kier molecular flexibility index (Phi) is 10.0. The van der Waals surface area contributed by atoms with Crippen LogP contribution in [0.2, 0.25) is 0 Å². The van der Waals surface area contributed by atoms with Gasteiger partial charge in [-0.2, -0.15) is 0 Å². The second-order valence-corrected chi connectivity index (χ2v) is 8.90. The molecule has 0 saturated carbocycles. The third-order valence-electron chi connectivity index (χ3n) is 6.00. The van der Waals surface area contributed by atoms with Crippen LogP contribution in [-0.4, -0.2) is 40.3 Å². The molecule has 0 radical (unpaired) electrons. The maximum Gasteiger partial charge on any atom is 0.269 e. The van der Waals surface area contributed by atoms with E-state index >= 15 is 0 Å². The Labute approximate surface area is 207 Å². The molecule has 0 unspecified atom stereocenters. The van der Waals surface area contributed by atoms with Crippen LogP contribution in [0, 0.1) is 17.0 Å². The average molecular weight is 478 g/mol. The van der Waals surface area contributed by atoms with Gasteiger partial charge in [0.15, 0.2) is 0 Å². The number of nitro groups is 1. The van der Waals surface area contributed by atoms with Crippen LogP contribution in [0.4, 0.5) is 5.69 Å². The minimum absolute atomic E-state index is 0.0494. The van der Waals surface area contributed by atoms with E-state index in [9.17, 15) is 14.9 Å². The highest BCUT2D eigenvalue weighted by molar-refractivity contribution is 5.78. The zero-order chi connectivity index (χ0) is 25.0. The first-order valence-electron chi connectivity index (χ1n) is 12.3. The van der Waals surface area contributed by atoms with Crippen molar-refractivity contribution < 1.29 is 14.1 Å². The van der Waals surface area contributed by atoms with Gasteiger partial charge in [0.25, 0.3) is 5.69 Å². The number of non-ortho nitro benzene ring substituents is 1. The number of rotatable bonds is 14. The number of unbranched alkanes of at least 4 members (excludes halogenated alkanes) is 2. The van der Waals surface area contributed by atoms with Gasteiger partial charge in [0.05, 0.1) is 18.0 Å². The lowest BCUT2D eigenvalue weighted by molar-refractivity contribution is -0.384. The van der Waals surface area contributed by atoms with Gasteiger partial charge in [-0.05, 0) is 49.6 Å². The summed E-state index contributed by atoms with van der Waals surface area (Å²) < 4.78 is 5.76. The first-order valence-corrected chi connectivity index (χ1v) is 12.3. The van der Waals surface area contributed by atoms with Gasteiger partial charge in [-0.15, -0.1) is 0 Å². The number of carbonyl (C=O) groups excluding carboxylic acids is 1. The molecule has 1 heterocycles. The molecule has 0 atom stereocenters. The molecule has 7 nitrogen and oxygen atoms in total. The quantitative estimate of drug-likeness (QED) is 0.168. The largest absolute Gasteiger partial charge is 0.464 e. The molecule has 0 spiro atoms. The summed E-state index contributed by atoms with van der Waals surface area (Å²) in [5.74, 6) is 1.65. The number of benzene rings is 2. The molecule has 7 heteroatoms. The normalized spacial score (nSPS) is 11.1. The van der Waals surface area contributed by atoms with E-state index in [-0.39, 0.29) is 18.1 Å². The van der Waals surface area contributed by atoms with Crippen molar-refractivity contribution in [2.45, 2.75) is 52.6 Å². The number of nitro benzene ring substituents is 1. The number of amides is 1. The summed E-state index contributed by atoms with van der Waals surface area (Å²) in [6.07, 6.45) is 3.96. The van der Waals surface area contributed by atoms with Crippen LogP contribution >= 0.6 is 0 Å². The molecule has 35 heavy (non-hydrogen) atoms. The predicted octanol–water partition coefficient (Wildman–Crippen LogP) is 5.76. The lowest BCUT2D eigenvalue weighted by atomic mass is 10.1. The topological polar surface area (TPSA) is 79.8 Å². The first kappa shape index (κ1) is 26.2. The van der Waals surface area contributed by atoms with E-state index in [4.69, 9.17) is 4.42 Å². The van der Waals surface area contributed by atoms with Crippen LogP contribution in [0.5, 0.6) is 0 Å². The maximum absolute atomic E-state index is 13.5. The van der Waals surface area contributed by atoms with Crippen LogP contribution in [0.15, 0.2) is 71.1 Å². The van der Waals surface area contributed by atoms with E-state index < -0.39 is 4.92 Å². The highest BCUT2D eigenvalue weighted by Gasteiger charge is 2.20. The molecule has 2 aromatic carbocycles. The molecular weight excluding hydrogens is 442 g/mol. The Balaban J connectivity index is 1.71. The highest BCUT2D eigenvalue weighted by atomic mass is 16.6. The molecular formula is C28H35N3O4. The van der Waals surface area contributed by atoms with Crippen molar-refractivity contribution in [1.29, 1.82) is 0 Å². The second-order valence-electron chi connectivity index (χ2n) is 8.90. The molecule has 3 rings (SSSR count). The molecule has 0 aliphatic heterocycles. The van der Waals surface area contributed by atoms with Gasteiger partial charge in [0, 0.05) is 25.2 Å². The molecule has 1 amide bonds. The number of hydrogen-bond donors (Lipinski definition) is 0. The van der Waals surface area contributed by atoms with Gasteiger partial charge < -0.3 is 9.32 Å². The summed E-state index contributed by atoms with van der Waals surface area (Å²) in [4.78, 5) is 28.1. The number of carbonyl (C=O) groups is 1.